The zero-order valence-corrected chi connectivity index (χ0v) is 7.40. The molecule has 1 N–H and O–H groups in total. The molecule has 1 heterocycles. The zero-order chi connectivity index (χ0) is 9.26. The van der Waals surface area contributed by atoms with Gasteiger partial charge in [0.2, 0.25) is 6.10 Å². The van der Waals surface area contributed by atoms with Crippen LogP contribution in [0.3, 0.4) is 0 Å². The highest BCUT2D eigenvalue weighted by atomic mass is 16.7. The standard InChI is InChI=1S/C9H13NO3/c11-9(12)8-5-7(10-13-8)6-3-1-2-4-6/h6,8H,1-5H2,(H,11,12). The predicted molar refractivity (Wildman–Crippen MR) is 46.5 cm³/mol. The summed E-state index contributed by atoms with van der Waals surface area (Å²) >= 11 is 0. The minimum absolute atomic E-state index is 0.486. The third kappa shape index (κ3) is 1.66. The van der Waals surface area contributed by atoms with Crippen LogP contribution in [0.15, 0.2) is 5.16 Å². The molecule has 1 fully saturated rings. The van der Waals surface area contributed by atoms with Gasteiger partial charge in [-0.15, -0.1) is 0 Å². The number of carbonyl (C=O) groups is 1. The van der Waals surface area contributed by atoms with Crippen LogP contribution >= 0.6 is 0 Å². The Morgan fingerprint density at radius 1 is 1.46 bits per heavy atom. The van der Waals surface area contributed by atoms with Gasteiger partial charge in [0.05, 0.1) is 5.71 Å². The van der Waals surface area contributed by atoms with Gasteiger partial charge in [0, 0.05) is 12.3 Å². The molecule has 0 saturated heterocycles. The maximum absolute atomic E-state index is 10.6. The Labute approximate surface area is 76.6 Å². The molecule has 13 heavy (non-hydrogen) atoms. The van der Waals surface area contributed by atoms with E-state index in [1.54, 1.807) is 0 Å². The average molecular weight is 183 g/mol. The Kier molecular flexibility index (Phi) is 2.20. The fraction of sp³-hybridized carbons (Fsp3) is 0.778. The predicted octanol–water partition coefficient (Wildman–Crippen LogP) is 1.41. The number of hydrogen-bond acceptors (Lipinski definition) is 3. The Bertz CT molecular complexity index is 243. The summed E-state index contributed by atoms with van der Waals surface area (Å²) in [6, 6.07) is 0. The van der Waals surface area contributed by atoms with E-state index in [2.05, 4.69) is 5.16 Å². The lowest BCUT2D eigenvalue weighted by Gasteiger charge is -2.05. The first-order chi connectivity index (χ1) is 6.27. The molecule has 1 aliphatic carbocycles. The molecule has 0 radical (unpaired) electrons. The summed E-state index contributed by atoms with van der Waals surface area (Å²) in [5, 5.41) is 12.5. The van der Waals surface area contributed by atoms with Crippen molar-refractivity contribution in [3.05, 3.63) is 0 Å². The lowest BCUT2D eigenvalue weighted by molar-refractivity contribution is -0.148. The van der Waals surface area contributed by atoms with Crippen molar-refractivity contribution in [3.8, 4) is 0 Å². The van der Waals surface area contributed by atoms with E-state index < -0.39 is 12.1 Å². The quantitative estimate of drug-likeness (QED) is 0.704. The fourth-order valence-corrected chi connectivity index (χ4v) is 2.03. The van der Waals surface area contributed by atoms with E-state index in [1.165, 1.54) is 12.8 Å². The summed E-state index contributed by atoms with van der Waals surface area (Å²) in [5.74, 6) is -0.416. The van der Waals surface area contributed by atoms with Crippen LogP contribution in [-0.2, 0) is 9.63 Å². The smallest absolute Gasteiger partial charge is 0.348 e. The van der Waals surface area contributed by atoms with Gasteiger partial charge in [-0.05, 0) is 12.8 Å². The first-order valence-electron chi connectivity index (χ1n) is 4.73. The summed E-state index contributed by atoms with van der Waals surface area (Å²) in [6.07, 6.45) is 4.53. The van der Waals surface area contributed by atoms with Crippen LogP contribution in [-0.4, -0.2) is 22.9 Å². The molecule has 2 aliphatic rings. The molecule has 0 spiro atoms. The second-order valence-corrected chi connectivity index (χ2v) is 3.70. The van der Waals surface area contributed by atoms with Gasteiger partial charge in [-0.3, -0.25) is 0 Å². The molecule has 1 saturated carbocycles. The van der Waals surface area contributed by atoms with E-state index in [9.17, 15) is 4.79 Å². The molecule has 1 unspecified atom stereocenters. The summed E-state index contributed by atoms with van der Waals surface area (Å²) in [7, 11) is 0. The van der Waals surface area contributed by atoms with Crippen molar-refractivity contribution >= 4 is 11.7 Å². The molecule has 4 heteroatoms. The molecular weight excluding hydrogens is 170 g/mol. The maximum atomic E-state index is 10.6. The lowest BCUT2D eigenvalue weighted by Crippen LogP contribution is -2.21. The first kappa shape index (κ1) is 8.53. The number of hydrogen-bond donors (Lipinski definition) is 1. The third-order valence-electron chi connectivity index (χ3n) is 2.79. The van der Waals surface area contributed by atoms with E-state index >= 15 is 0 Å². The van der Waals surface area contributed by atoms with Gasteiger partial charge in [0.15, 0.2) is 0 Å². The summed E-state index contributed by atoms with van der Waals surface area (Å²) in [4.78, 5) is 15.4. The van der Waals surface area contributed by atoms with Crippen molar-refractivity contribution in [1.29, 1.82) is 0 Å². The largest absolute Gasteiger partial charge is 0.478 e. The van der Waals surface area contributed by atoms with Crippen LogP contribution in [0, 0.1) is 5.92 Å². The van der Waals surface area contributed by atoms with Crippen molar-refractivity contribution in [2.45, 2.75) is 38.2 Å². The number of carboxylic acids is 1. The highest BCUT2D eigenvalue weighted by molar-refractivity contribution is 5.92. The summed E-state index contributed by atoms with van der Waals surface area (Å²) < 4.78 is 0. The van der Waals surface area contributed by atoms with Gasteiger partial charge in [-0.1, -0.05) is 18.0 Å². The van der Waals surface area contributed by atoms with Gasteiger partial charge in [0.1, 0.15) is 0 Å². The van der Waals surface area contributed by atoms with E-state index in [1.807, 2.05) is 0 Å². The minimum atomic E-state index is -0.906. The van der Waals surface area contributed by atoms with Crippen LogP contribution in [0.1, 0.15) is 32.1 Å². The second kappa shape index (κ2) is 3.36. The monoisotopic (exact) mass is 183 g/mol. The van der Waals surface area contributed by atoms with Gasteiger partial charge in [-0.25, -0.2) is 4.79 Å². The topological polar surface area (TPSA) is 58.9 Å². The molecule has 0 aromatic rings. The Morgan fingerprint density at radius 3 is 2.69 bits per heavy atom. The van der Waals surface area contributed by atoms with Gasteiger partial charge < -0.3 is 9.94 Å². The van der Waals surface area contributed by atoms with E-state index in [4.69, 9.17) is 9.94 Å². The number of carboxylic acid groups (broad SMARTS) is 1. The molecule has 4 nitrogen and oxygen atoms in total. The van der Waals surface area contributed by atoms with Crippen molar-refractivity contribution in [1.82, 2.24) is 0 Å². The van der Waals surface area contributed by atoms with Crippen LogP contribution in [0.25, 0.3) is 0 Å². The molecule has 0 bridgehead atoms. The highest BCUT2D eigenvalue weighted by Gasteiger charge is 2.32. The molecule has 0 aromatic heterocycles. The summed E-state index contributed by atoms with van der Waals surface area (Å²) in [6.45, 7) is 0. The van der Waals surface area contributed by atoms with Crippen molar-refractivity contribution in [2.24, 2.45) is 11.1 Å². The highest BCUT2D eigenvalue weighted by Crippen LogP contribution is 2.30. The molecule has 0 aromatic carbocycles. The second-order valence-electron chi connectivity index (χ2n) is 3.70. The number of oxime groups is 1. The number of rotatable bonds is 2. The van der Waals surface area contributed by atoms with Gasteiger partial charge in [-0.2, -0.15) is 0 Å². The van der Waals surface area contributed by atoms with Crippen molar-refractivity contribution in [3.63, 3.8) is 0 Å². The van der Waals surface area contributed by atoms with Crippen LogP contribution in [0.5, 0.6) is 0 Å². The summed E-state index contributed by atoms with van der Waals surface area (Å²) in [5.41, 5.74) is 0.963. The zero-order valence-electron chi connectivity index (χ0n) is 7.40. The molecule has 1 atom stereocenters. The molecule has 0 amide bonds. The number of nitrogens with zero attached hydrogens (tertiary/aromatic N) is 1. The minimum Gasteiger partial charge on any atom is -0.478 e. The molecule has 1 aliphatic heterocycles. The lowest BCUT2D eigenvalue weighted by atomic mass is 9.98. The normalized spacial score (nSPS) is 28.6. The van der Waals surface area contributed by atoms with Crippen LogP contribution < -0.4 is 0 Å². The Balaban J connectivity index is 1.92. The molecule has 72 valence electrons. The third-order valence-corrected chi connectivity index (χ3v) is 2.79. The van der Waals surface area contributed by atoms with E-state index in [0.717, 1.165) is 18.6 Å². The van der Waals surface area contributed by atoms with Gasteiger partial charge in [0.25, 0.3) is 0 Å². The van der Waals surface area contributed by atoms with E-state index in [-0.39, 0.29) is 0 Å². The molecule has 2 rings (SSSR count). The van der Waals surface area contributed by atoms with Crippen LogP contribution in [0.4, 0.5) is 0 Å². The molecular formula is C9H13NO3. The number of aliphatic carboxylic acids is 1. The maximum Gasteiger partial charge on any atom is 0.348 e. The van der Waals surface area contributed by atoms with Crippen molar-refractivity contribution in [2.75, 3.05) is 0 Å². The average Bonchev–Trinajstić information content (AvgIpc) is 2.75. The van der Waals surface area contributed by atoms with Crippen molar-refractivity contribution < 1.29 is 14.7 Å². The Hall–Kier alpha value is -1.06. The first-order valence-corrected chi connectivity index (χ1v) is 4.73. The van der Waals surface area contributed by atoms with Gasteiger partial charge >= 0.3 is 5.97 Å². The van der Waals surface area contributed by atoms with E-state index in [0.29, 0.717) is 12.3 Å². The SMILES string of the molecule is O=C(O)C1CC(C2CCCC2)=NO1. The van der Waals surface area contributed by atoms with Crippen LogP contribution in [0.2, 0.25) is 0 Å². The Morgan fingerprint density at radius 2 is 2.15 bits per heavy atom. The fourth-order valence-electron chi connectivity index (χ4n) is 2.03.